The molecule has 3 aromatic heterocycles. The summed E-state index contributed by atoms with van der Waals surface area (Å²) in [6.07, 6.45) is 7.23. The second kappa shape index (κ2) is 7.94. The fourth-order valence-electron chi connectivity index (χ4n) is 4.32. The molecule has 164 valence electrons. The fraction of sp³-hybridized carbons (Fsp3) is 0.500. The Morgan fingerprint density at radius 3 is 2.58 bits per heavy atom. The van der Waals surface area contributed by atoms with Gasteiger partial charge in [-0.15, -0.1) is 0 Å². The van der Waals surface area contributed by atoms with Crippen molar-refractivity contribution in [2.24, 2.45) is 25.4 Å². The number of hydrogen-bond donors (Lipinski definition) is 0. The van der Waals surface area contributed by atoms with Crippen LogP contribution in [0.15, 0.2) is 35.3 Å². The SMILES string of the molecule is Cn1ccc(C(=O)CC2CC=C(c3ccc4c(n3)n(C)c(=O)n4CC(C)(C)C)CC2)n1. The number of nitrogens with zero attached hydrogens (tertiary/aromatic N) is 5. The number of ketones is 1. The van der Waals surface area contributed by atoms with E-state index in [1.165, 1.54) is 5.57 Å². The second-order valence-corrected chi connectivity index (χ2v) is 9.90. The van der Waals surface area contributed by atoms with Crippen molar-refractivity contribution in [1.29, 1.82) is 0 Å². The molecule has 1 aliphatic carbocycles. The van der Waals surface area contributed by atoms with Crippen LogP contribution in [0.1, 0.15) is 62.6 Å². The highest BCUT2D eigenvalue weighted by Crippen LogP contribution is 2.32. The van der Waals surface area contributed by atoms with Gasteiger partial charge in [-0.05, 0) is 54.4 Å². The van der Waals surface area contributed by atoms with Gasteiger partial charge in [0.1, 0.15) is 5.69 Å². The number of pyridine rings is 1. The van der Waals surface area contributed by atoms with E-state index in [1.807, 2.05) is 23.7 Å². The maximum absolute atomic E-state index is 12.8. The largest absolute Gasteiger partial charge is 0.330 e. The minimum Gasteiger partial charge on any atom is -0.292 e. The summed E-state index contributed by atoms with van der Waals surface area (Å²) in [7, 11) is 3.61. The smallest absolute Gasteiger partial charge is 0.292 e. The van der Waals surface area contributed by atoms with Gasteiger partial charge in [-0.2, -0.15) is 5.10 Å². The van der Waals surface area contributed by atoms with Crippen LogP contribution in [0.25, 0.3) is 16.7 Å². The van der Waals surface area contributed by atoms with Gasteiger partial charge in [0.2, 0.25) is 0 Å². The molecule has 0 radical (unpaired) electrons. The number of aryl methyl sites for hydroxylation is 2. The number of rotatable bonds is 5. The van der Waals surface area contributed by atoms with Crippen LogP contribution in [-0.2, 0) is 20.6 Å². The summed E-state index contributed by atoms with van der Waals surface area (Å²) in [4.78, 5) is 30.0. The van der Waals surface area contributed by atoms with E-state index < -0.39 is 0 Å². The number of imidazole rings is 1. The molecule has 31 heavy (non-hydrogen) atoms. The van der Waals surface area contributed by atoms with E-state index in [-0.39, 0.29) is 16.9 Å². The Hall–Kier alpha value is -2.96. The van der Waals surface area contributed by atoms with Crippen molar-refractivity contribution in [3.05, 3.63) is 52.3 Å². The van der Waals surface area contributed by atoms with Gasteiger partial charge in [0.25, 0.3) is 0 Å². The summed E-state index contributed by atoms with van der Waals surface area (Å²) in [5.74, 6) is 0.441. The summed E-state index contributed by atoms with van der Waals surface area (Å²) in [6.45, 7) is 7.03. The van der Waals surface area contributed by atoms with Crippen LogP contribution in [0.5, 0.6) is 0 Å². The number of allylic oxidation sites excluding steroid dienone is 2. The predicted octanol–water partition coefficient (Wildman–Crippen LogP) is 3.97. The molecule has 1 unspecified atom stereocenters. The summed E-state index contributed by atoms with van der Waals surface area (Å²) in [6, 6.07) is 5.82. The number of carbonyl (C=O) groups is 1. The average Bonchev–Trinajstić information content (AvgIpc) is 3.25. The van der Waals surface area contributed by atoms with E-state index in [2.05, 4.69) is 31.9 Å². The quantitative estimate of drug-likeness (QED) is 0.584. The van der Waals surface area contributed by atoms with Gasteiger partial charge in [0.05, 0.1) is 11.2 Å². The molecule has 4 rings (SSSR count). The summed E-state index contributed by atoms with van der Waals surface area (Å²) < 4.78 is 5.12. The molecular formula is C24H31N5O2. The highest BCUT2D eigenvalue weighted by molar-refractivity contribution is 5.94. The standard InChI is InChI=1S/C24H31N5O2/c1-24(2,3)15-29-20-11-10-18(25-22(20)28(5)23(29)31)17-8-6-16(7-9-17)14-21(30)19-12-13-27(4)26-19/h8,10-13,16H,6-7,9,14-15H2,1-5H3. The van der Waals surface area contributed by atoms with Crippen LogP contribution >= 0.6 is 0 Å². The lowest BCUT2D eigenvalue weighted by Gasteiger charge is -2.21. The summed E-state index contributed by atoms with van der Waals surface area (Å²) >= 11 is 0. The first kappa shape index (κ1) is 21.3. The molecule has 0 fully saturated rings. The topological polar surface area (TPSA) is 74.7 Å². The van der Waals surface area contributed by atoms with Crippen LogP contribution in [-0.4, -0.2) is 29.7 Å². The van der Waals surface area contributed by atoms with E-state index in [0.29, 0.717) is 24.6 Å². The minimum absolute atomic E-state index is 0.00436. The second-order valence-electron chi connectivity index (χ2n) is 9.90. The predicted molar refractivity (Wildman–Crippen MR) is 122 cm³/mol. The zero-order chi connectivity index (χ0) is 22.3. The first-order chi connectivity index (χ1) is 14.6. The zero-order valence-corrected chi connectivity index (χ0v) is 19.1. The Labute approximate surface area is 182 Å². The molecule has 0 saturated heterocycles. The highest BCUT2D eigenvalue weighted by Gasteiger charge is 2.22. The fourth-order valence-corrected chi connectivity index (χ4v) is 4.32. The average molecular weight is 422 g/mol. The molecule has 0 amide bonds. The van der Waals surface area contributed by atoms with Crippen molar-refractivity contribution >= 4 is 22.5 Å². The Bertz CT molecular complexity index is 1220. The molecule has 7 nitrogen and oxygen atoms in total. The van der Waals surface area contributed by atoms with E-state index in [4.69, 9.17) is 4.98 Å². The molecule has 0 aromatic carbocycles. The van der Waals surface area contributed by atoms with Crippen molar-refractivity contribution < 1.29 is 4.79 Å². The van der Waals surface area contributed by atoms with Crippen molar-refractivity contribution in [3.63, 3.8) is 0 Å². The number of fused-ring (bicyclic) bond motifs is 1. The van der Waals surface area contributed by atoms with E-state index in [9.17, 15) is 9.59 Å². The molecule has 3 heterocycles. The Morgan fingerprint density at radius 1 is 1.19 bits per heavy atom. The normalized spacial score (nSPS) is 17.2. The third-order valence-electron chi connectivity index (χ3n) is 5.94. The van der Waals surface area contributed by atoms with Gasteiger partial charge in [0.15, 0.2) is 11.4 Å². The molecule has 3 aromatic rings. The van der Waals surface area contributed by atoms with Gasteiger partial charge in [-0.1, -0.05) is 26.8 Å². The van der Waals surface area contributed by atoms with Crippen LogP contribution in [0.2, 0.25) is 0 Å². The first-order valence-corrected chi connectivity index (χ1v) is 10.9. The Kier molecular flexibility index (Phi) is 5.45. The zero-order valence-electron chi connectivity index (χ0n) is 19.1. The van der Waals surface area contributed by atoms with Crippen LogP contribution in [0.3, 0.4) is 0 Å². The molecule has 0 spiro atoms. The van der Waals surface area contributed by atoms with Gasteiger partial charge < -0.3 is 0 Å². The van der Waals surface area contributed by atoms with Crippen molar-refractivity contribution in [2.75, 3.05) is 0 Å². The maximum atomic E-state index is 12.8. The molecule has 1 aliphatic rings. The van der Waals surface area contributed by atoms with Crippen molar-refractivity contribution in [3.8, 4) is 0 Å². The lowest BCUT2D eigenvalue weighted by atomic mass is 9.85. The van der Waals surface area contributed by atoms with Crippen molar-refractivity contribution in [1.82, 2.24) is 23.9 Å². The number of aromatic nitrogens is 5. The van der Waals surface area contributed by atoms with E-state index in [0.717, 1.165) is 36.1 Å². The highest BCUT2D eigenvalue weighted by atomic mass is 16.1. The Balaban J connectivity index is 1.52. The lowest BCUT2D eigenvalue weighted by molar-refractivity contribution is 0.0953. The third-order valence-corrected chi connectivity index (χ3v) is 5.94. The van der Waals surface area contributed by atoms with Crippen LogP contribution in [0.4, 0.5) is 0 Å². The minimum atomic E-state index is -0.0275. The molecule has 1 atom stereocenters. The molecule has 0 saturated carbocycles. The molecule has 0 N–H and O–H groups in total. The van der Waals surface area contributed by atoms with Gasteiger partial charge in [-0.3, -0.25) is 18.6 Å². The van der Waals surface area contributed by atoms with Crippen molar-refractivity contribution in [2.45, 2.75) is 53.0 Å². The number of carbonyl (C=O) groups excluding carboxylic acids is 1. The van der Waals surface area contributed by atoms with Gasteiger partial charge in [-0.25, -0.2) is 9.78 Å². The molecule has 7 heteroatoms. The summed E-state index contributed by atoms with van der Waals surface area (Å²) in [5, 5.41) is 4.22. The first-order valence-electron chi connectivity index (χ1n) is 10.9. The third kappa shape index (κ3) is 4.40. The van der Waals surface area contributed by atoms with Gasteiger partial charge >= 0.3 is 5.69 Å². The Morgan fingerprint density at radius 2 is 1.97 bits per heavy atom. The summed E-state index contributed by atoms with van der Waals surface area (Å²) in [5.41, 5.74) is 4.24. The number of hydrogen-bond acceptors (Lipinski definition) is 4. The van der Waals surface area contributed by atoms with Crippen LogP contribution < -0.4 is 5.69 Å². The maximum Gasteiger partial charge on any atom is 0.330 e. The molecule has 0 bridgehead atoms. The van der Waals surface area contributed by atoms with Gasteiger partial charge in [0, 0.05) is 33.3 Å². The number of Topliss-reactive ketones (excluding diaryl/α,β-unsaturated/α-hetero) is 1. The van der Waals surface area contributed by atoms with E-state index >= 15 is 0 Å². The lowest BCUT2D eigenvalue weighted by Crippen LogP contribution is -2.27. The molecule has 0 aliphatic heterocycles. The molecular weight excluding hydrogens is 390 g/mol. The van der Waals surface area contributed by atoms with E-state index in [1.54, 1.807) is 28.6 Å². The van der Waals surface area contributed by atoms with Crippen LogP contribution in [0, 0.1) is 11.3 Å². The monoisotopic (exact) mass is 421 g/mol.